The van der Waals surface area contributed by atoms with Crippen molar-refractivity contribution in [2.75, 3.05) is 0 Å². The van der Waals surface area contributed by atoms with Crippen LogP contribution in [0, 0.1) is 0 Å². The van der Waals surface area contributed by atoms with E-state index in [1.807, 2.05) is 0 Å². The fraction of sp³-hybridized carbons (Fsp3) is 0.400. The van der Waals surface area contributed by atoms with E-state index >= 15 is 0 Å². The smallest absolute Gasteiger partial charge is 0.274 e. The summed E-state index contributed by atoms with van der Waals surface area (Å²) in [6.07, 6.45) is 0. The van der Waals surface area contributed by atoms with Gasteiger partial charge >= 0.3 is 6.03 Å². The van der Waals surface area contributed by atoms with E-state index in [2.05, 4.69) is 0 Å². The van der Waals surface area contributed by atoms with E-state index in [-0.39, 0.29) is 0 Å². The van der Waals surface area contributed by atoms with Crippen LogP contribution in [0.5, 0.6) is 0 Å². The largest absolute Gasteiger partial charge is 0.328 e. The number of hydrogen-bond acceptors (Lipinski definition) is 3. The first kappa shape index (κ1) is 16.4. The van der Waals surface area contributed by atoms with E-state index in [9.17, 15) is 14.4 Å². The van der Waals surface area contributed by atoms with Gasteiger partial charge in [-0.05, 0) is 0 Å². The number of urea groups is 1. The quantitative estimate of drug-likeness (QED) is 0.657. The highest BCUT2D eigenvalue weighted by atomic mass is 35.6. The lowest BCUT2D eigenvalue weighted by atomic mass is 10.6. The van der Waals surface area contributed by atoms with Crippen molar-refractivity contribution >= 4 is 87.5 Å². The second kappa shape index (κ2) is 5.80. The van der Waals surface area contributed by atoms with E-state index in [1.54, 1.807) is 10.6 Å². The van der Waals surface area contributed by atoms with Crippen LogP contribution >= 0.6 is 69.6 Å². The summed E-state index contributed by atoms with van der Waals surface area (Å²) < 4.78 is -4.69. The number of hydrogen-bond donors (Lipinski definition) is 2. The molecule has 0 aromatic rings. The summed E-state index contributed by atoms with van der Waals surface area (Å²) in [7, 11) is 0. The predicted octanol–water partition coefficient (Wildman–Crippen LogP) is 2.08. The highest BCUT2D eigenvalue weighted by Crippen LogP contribution is 2.26. The molecule has 2 N–H and O–H groups in total. The monoisotopic (exact) mass is 348 g/mol. The SMILES string of the molecule is O=C(NC(=O)C(Cl)(Cl)Cl)NC(=O)C(Cl)(Cl)Cl. The molecule has 0 bridgehead atoms. The van der Waals surface area contributed by atoms with Gasteiger partial charge in [0.15, 0.2) is 0 Å². The van der Waals surface area contributed by atoms with E-state index in [0.29, 0.717) is 0 Å². The Morgan fingerprint density at radius 2 is 0.938 bits per heavy atom. The topological polar surface area (TPSA) is 75.3 Å². The Kier molecular flexibility index (Phi) is 5.92. The van der Waals surface area contributed by atoms with Crippen molar-refractivity contribution < 1.29 is 14.4 Å². The first-order chi connectivity index (χ1) is 6.94. The van der Waals surface area contributed by atoms with Crippen molar-refractivity contribution in [3.05, 3.63) is 0 Å². The molecule has 0 fully saturated rings. The number of nitrogens with one attached hydrogen (secondary N) is 2. The Labute approximate surface area is 120 Å². The molecule has 11 heteroatoms. The van der Waals surface area contributed by atoms with Gasteiger partial charge in [0.1, 0.15) is 0 Å². The lowest BCUT2D eigenvalue weighted by Gasteiger charge is -2.12. The lowest BCUT2D eigenvalue weighted by molar-refractivity contribution is -0.119. The Hall–Kier alpha value is 0.350. The van der Waals surface area contributed by atoms with Crippen molar-refractivity contribution in [3.8, 4) is 0 Å². The highest BCUT2D eigenvalue weighted by Gasteiger charge is 2.35. The third kappa shape index (κ3) is 6.18. The molecule has 0 saturated carbocycles. The fourth-order valence-electron chi connectivity index (χ4n) is 0.379. The van der Waals surface area contributed by atoms with E-state index in [4.69, 9.17) is 69.6 Å². The molecule has 5 nitrogen and oxygen atoms in total. The minimum absolute atomic E-state index is 1.26. The van der Waals surface area contributed by atoms with Crippen LogP contribution in [-0.4, -0.2) is 25.4 Å². The molecule has 0 heterocycles. The minimum atomic E-state index is -2.35. The van der Waals surface area contributed by atoms with Crippen LogP contribution in [-0.2, 0) is 9.59 Å². The number of imide groups is 2. The number of carbonyl (C=O) groups excluding carboxylic acids is 3. The van der Waals surface area contributed by atoms with Crippen molar-refractivity contribution in [2.24, 2.45) is 0 Å². The number of halogens is 6. The van der Waals surface area contributed by atoms with Crippen LogP contribution in [0.3, 0.4) is 0 Å². The molecule has 0 aliphatic heterocycles. The zero-order valence-electron chi connectivity index (χ0n) is 6.99. The number of alkyl halides is 6. The fourth-order valence-corrected chi connectivity index (χ4v) is 0.663. The third-order valence-electron chi connectivity index (χ3n) is 0.969. The summed E-state index contributed by atoms with van der Waals surface area (Å²) in [5, 5.41) is 3.08. The van der Waals surface area contributed by atoms with Crippen LogP contribution in [0.15, 0.2) is 0 Å². The molecule has 0 aromatic heterocycles. The van der Waals surface area contributed by atoms with Gasteiger partial charge in [0.05, 0.1) is 0 Å². The molecule has 0 aliphatic carbocycles. The van der Waals surface area contributed by atoms with E-state index < -0.39 is 25.4 Å². The molecule has 0 spiro atoms. The molecule has 16 heavy (non-hydrogen) atoms. The minimum Gasteiger partial charge on any atom is -0.274 e. The van der Waals surface area contributed by atoms with Crippen LogP contribution < -0.4 is 10.6 Å². The Balaban J connectivity index is 4.32. The maximum atomic E-state index is 10.9. The van der Waals surface area contributed by atoms with Crippen LogP contribution in [0.2, 0.25) is 0 Å². The zero-order valence-corrected chi connectivity index (χ0v) is 11.5. The van der Waals surface area contributed by atoms with E-state index in [0.717, 1.165) is 0 Å². The summed E-state index contributed by atoms with van der Waals surface area (Å²) in [6, 6.07) is -1.28. The van der Waals surface area contributed by atoms with Crippen molar-refractivity contribution in [1.82, 2.24) is 10.6 Å². The summed E-state index contributed by atoms with van der Waals surface area (Å²) in [6.45, 7) is 0. The van der Waals surface area contributed by atoms with Crippen LogP contribution in [0.1, 0.15) is 0 Å². The number of carbonyl (C=O) groups is 3. The first-order valence-electron chi connectivity index (χ1n) is 3.25. The molecule has 0 saturated heterocycles. The van der Waals surface area contributed by atoms with Gasteiger partial charge in [-0.1, -0.05) is 69.6 Å². The average molecular weight is 351 g/mol. The molecule has 0 unspecified atom stereocenters. The summed E-state index contributed by atoms with van der Waals surface area (Å²) in [4.78, 5) is 32.8. The van der Waals surface area contributed by atoms with E-state index in [1.165, 1.54) is 0 Å². The molecular formula is C5H2Cl6N2O3. The molecular weight excluding hydrogens is 349 g/mol. The van der Waals surface area contributed by atoms with Gasteiger partial charge in [-0.3, -0.25) is 20.2 Å². The van der Waals surface area contributed by atoms with Gasteiger partial charge in [-0.15, -0.1) is 0 Å². The molecule has 0 radical (unpaired) electrons. The molecule has 4 amide bonds. The van der Waals surface area contributed by atoms with Crippen LogP contribution in [0.4, 0.5) is 4.79 Å². The predicted molar refractivity (Wildman–Crippen MR) is 62.3 cm³/mol. The van der Waals surface area contributed by atoms with Crippen molar-refractivity contribution in [1.29, 1.82) is 0 Å². The molecule has 0 aliphatic rings. The van der Waals surface area contributed by atoms with Crippen molar-refractivity contribution in [3.63, 3.8) is 0 Å². The molecule has 0 atom stereocenters. The second-order valence-corrected chi connectivity index (χ2v) is 6.80. The third-order valence-corrected chi connectivity index (χ3v) is 2.00. The lowest BCUT2D eigenvalue weighted by Crippen LogP contribution is -2.49. The first-order valence-corrected chi connectivity index (χ1v) is 5.51. The van der Waals surface area contributed by atoms with Gasteiger partial charge in [0.2, 0.25) is 0 Å². The zero-order chi connectivity index (χ0) is 13.1. The van der Waals surface area contributed by atoms with Gasteiger partial charge in [0.25, 0.3) is 19.4 Å². The highest BCUT2D eigenvalue weighted by molar-refractivity contribution is 6.77. The van der Waals surface area contributed by atoms with Gasteiger partial charge in [-0.2, -0.15) is 0 Å². The second-order valence-electron chi connectivity index (χ2n) is 2.23. The van der Waals surface area contributed by atoms with Crippen molar-refractivity contribution in [2.45, 2.75) is 7.59 Å². The Morgan fingerprint density at radius 1 is 0.688 bits per heavy atom. The molecule has 0 rings (SSSR count). The van der Waals surface area contributed by atoms with Crippen LogP contribution in [0.25, 0.3) is 0 Å². The van der Waals surface area contributed by atoms with Gasteiger partial charge in [-0.25, -0.2) is 4.79 Å². The van der Waals surface area contributed by atoms with Gasteiger partial charge < -0.3 is 0 Å². The number of amides is 4. The summed E-state index contributed by atoms with van der Waals surface area (Å²) >= 11 is 30.8. The molecule has 0 aromatic carbocycles. The standard InChI is InChI=1S/C5H2Cl6N2O3/c6-4(7,8)1(14)12-3(16)13-2(15)5(9,10)11/h(H2,12,13,14,15,16). The normalized spacial score (nSPS) is 11.9. The Bertz CT molecular complexity index is 289. The maximum absolute atomic E-state index is 10.9. The summed E-state index contributed by atoms with van der Waals surface area (Å²) in [5.41, 5.74) is 0. The number of rotatable bonds is 0. The van der Waals surface area contributed by atoms with Gasteiger partial charge in [0, 0.05) is 0 Å². The average Bonchev–Trinajstić information content (AvgIpc) is 1.99. The summed E-state index contributed by atoms with van der Waals surface area (Å²) in [5.74, 6) is -2.51. The Morgan fingerprint density at radius 3 is 1.12 bits per heavy atom. The molecule has 92 valence electrons. The maximum Gasteiger partial charge on any atom is 0.328 e.